The van der Waals surface area contributed by atoms with E-state index in [0.29, 0.717) is 17.8 Å². The molecule has 0 N–H and O–H groups in total. The maximum absolute atomic E-state index is 5.19. The molecule has 0 bridgehead atoms. The fourth-order valence-corrected chi connectivity index (χ4v) is 4.21. The van der Waals surface area contributed by atoms with Crippen LogP contribution in [0.25, 0.3) is 33.5 Å². The van der Waals surface area contributed by atoms with E-state index >= 15 is 0 Å². The summed E-state index contributed by atoms with van der Waals surface area (Å²) in [4.78, 5) is 10.1. The molecule has 0 aliphatic heterocycles. The molecule has 31 heavy (non-hydrogen) atoms. The van der Waals surface area contributed by atoms with Gasteiger partial charge in [0.15, 0.2) is 5.82 Å². The Bertz CT molecular complexity index is 1180. The molecule has 3 aromatic carbocycles. The van der Waals surface area contributed by atoms with Gasteiger partial charge in [0.2, 0.25) is 0 Å². The molecule has 1 heterocycles. The lowest BCUT2D eigenvalue weighted by Gasteiger charge is -2.23. The molecular weight excluding hydrogens is 376 g/mol. The zero-order valence-electron chi connectivity index (χ0n) is 19.5. The summed E-state index contributed by atoms with van der Waals surface area (Å²) in [6.45, 7) is 13.7. The second-order valence-electron chi connectivity index (χ2n) is 9.32. The average Bonchev–Trinajstić information content (AvgIpc) is 2.77. The third-order valence-corrected chi connectivity index (χ3v) is 6.00. The third-order valence-electron chi connectivity index (χ3n) is 6.00. The SMILES string of the molecule is CC(C)c1cc(C(C)C)c(-c2nc(-c3ccccc3)nc3ccccc23)c(C(C)C)c1. The molecule has 2 nitrogen and oxygen atoms in total. The van der Waals surface area contributed by atoms with E-state index in [-0.39, 0.29) is 0 Å². The zero-order chi connectivity index (χ0) is 22.1. The molecule has 0 fully saturated rings. The van der Waals surface area contributed by atoms with Crippen LogP contribution in [0.4, 0.5) is 0 Å². The Balaban J connectivity index is 2.11. The van der Waals surface area contributed by atoms with Crippen molar-refractivity contribution >= 4 is 10.9 Å². The van der Waals surface area contributed by atoms with E-state index < -0.39 is 0 Å². The van der Waals surface area contributed by atoms with Gasteiger partial charge in [0, 0.05) is 16.5 Å². The largest absolute Gasteiger partial charge is 0.228 e. The second kappa shape index (κ2) is 8.63. The normalized spacial score (nSPS) is 11.8. The van der Waals surface area contributed by atoms with Crippen LogP contribution >= 0.6 is 0 Å². The number of aromatic nitrogens is 2. The highest BCUT2D eigenvalue weighted by atomic mass is 14.9. The van der Waals surface area contributed by atoms with Crippen LogP contribution < -0.4 is 0 Å². The predicted octanol–water partition coefficient (Wildman–Crippen LogP) is 8.33. The summed E-state index contributed by atoms with van der Waals surface area (Å²) in [5.74, 6) is 2.08. The zero-order valence-corrected chi connectivity index (χ0v) is 19.5. The molecule has 0 radical (unpaired) electrons. The number of nitrogens with zero attached hydrogens (tertiary/aromatic N) is 2. The van der Waals surface area contributed by atoms with Crippen molar-refractivity contribution < 1.29 is 0 Å². The maximum Gasteiger partial charge on any atom is 0.160 e. The van der Waals surface area contributed by atoms with Crippen LogP contribution in [0.5, 0.6) is 0 Å². The van der Waals surface area contributed by atoms with Gasteiger partial charge in [-0.3, -0.25) is 0 Å². The number of hydrogen-bond acceptors (Lipinski definition) is 2. The smallest absolute Gasteiger partial charge is 0.160 e. The van der Waals surface area contributed by atoms with Crippen molar-refractivity contribution in [3.8, 4) is 22.6 Å². The highest BCUT2D eigenvalue weighted by molar-refractivity contribution is 5.95. The van der Waals surface area contributed by atoms with Crippen molar-refractivity contribution in [3.63, 3.8) is 0 Å². The maximum atomic E-state index is 5.19. The predicted molar refractivity (Wildman–Crippen MR) is 133 cm³/mol. The van der Waals surface area contributed by atoms with Crippen molar-refractivity contribution in [1.29, 1.82) is 0 Å². The number of para-hydroxylation sites is 1. The summed E-state index contributed by atoms with van der Waals surface area (Å²) >= 11 is 0. The van der Waals surface area contributed by atoms with Gasteiger partial charge in [-0.05, 0) is 40.5 Å². The first-order valence-corrected chi connectivity index (χ1v) is 11.4. The molecule has 4 aromatic rings. The molecule has 158 valence electrons. The Morgan fingerprint density at radius 1 is 0.613 bits per heavy atom. The molecule has 0 saturated heterocycles. The van der Waals surface area contributed by atoms with Crippen molar-refractivity contribution in [2.24, 2.45) is 0 Å². The molecule has 0 amide bonds. The van der Waals surface area contributed by atoms with Gasteiger partial charge < -0.3 is 0 Å². The molecule has 0 atom stereocenters. The topological polar surface area (TPSA) is 25.8 Å². The number of benzene rings is 3. The average molecular weight is 409 g/mol. The van der Waals surface area contributed by atoms with Gasteiger partial charge in [0.05, 0.1) is 11.2 Å². The first kappa shape index (κ1) is 21.2. The van der Waals surface area contributed by atoms with Gasteiger partial charge in [0.25, 0.3) is 0 Å². The Hall–Kier alpha value is -3.00. The van der Waals surface area contributed by atoms with Crippen LogP contribution in [0.15, 0.2) is 66.7 Å². The van der Waals surface area contributed by atoms with Crippen LogP contribution in [-0.4, -0.2) is 9.97 Å². The quantitative estimate of drug-likeness (QED) is 0.332. The standard InChI is InChI=1S/C29H32N2/c1-18(2)22-16-24(19(3)4)27(25(17-22)20(5)6)28-23-14-10-11-15-26(23)30-29(31-28)21-12-8-7-9-13-21/h7-20H,1-6H3. The Kier molecular flexibility index (Phi) is 5.91. The fourth-order valence-electron chi connectivity index (χ4n) is 4.21. The van der Waals surface area contributed by atoms with Gasteiger partial charge in [0.1, 0.15) is 0 Å². The van der Waals surface area contributed by atoms with Crippen LogP contribution in [-0.2, 0) is 0 Å². The van der Waals surface area contributed by atoms with Crippen LogP contribution in [0.1, 0.15) is 76.0 Å². The summed E-state index contributed by atoms with van der Waals surface area (Å²) in [6, 6.07) is 23.5. The Morgan fingerprint density at radius 3 is 1.77 bits per heavy atom. The molecule has 0 unspecified atom stereocenters. The minimum Gasteiger partial charge on any atom is -0.228 e. The van der Waals surface area contributed by atoms with Gasteiger partial charge in [-0.15, -0.1) is 0 Å². The minimum absolute atomic E-state index is 0.403. The summed E-state index contributed by atoms with van der Waals surface area (Å²) < 4.78 is 0. The van der Waals surface area contributed by atoms with Crippen LogP contribution in [0.3, 0.4) is 0 Å². The highest BCUT2D eigenvalue weighted by Gasteiger charge is 2.22. The highest BCUT2D eigenvalue weighted by Crippen LogP contribution is 2.41. The lowest BCUT2D eigenvalue weighted by atomic mass is 9.82. The number of fused-ring (bicyclic) bond motifs is 1. The van der Waals surface area contributed by atoms with Crippen molar-refractivity contribution in [2.75, 3.05) is 0 Å². The monoisotopic (exact) mass is 408 g/mol. The van der Waals surface area contributed by atoms with Crippen LogP contribution in [0, 0.1) is 0 Å². The minimum atomic E-state index is 0.403. The van der Waals surface area contributed by atoms with E-state index in [0.717, 1.165) is 28.0 Å². The van der Waals surface area contributed by atoms with Gasteiger partial charge in [-0.2, -0.15) is 0 Å². The molecule has 0 aliphatic rings. The molecule has 1 aromatic heterocycles. The molecule has 2 heteroatoms. The second-order valence-corrected chi connectivity index (χ2v) is 9.32. The lowest BCUT2D eigenvalue weighted by molar-refractivity contribution is 0.806. The Labute approximate surface area is 186 Å². The van der Waals surface area contributed by atoms with E-state index in [1.165, 1.54) is 22.3 Å². The van der Waals surface area contributed by atoms with Crippen LogP contribution in [0.2, 0.25) is 0 Å². The van der Waals surface area contributed by atoms with Crippen molar-refractivity contribution in [2.45, 2.75) is 59.3 Å². The number of rotatable bonds is 5. The molecular formula is C29H32N2. The summed E-state index contributed by atoms with van der Waals surface area (Å²) in [5, 5.41) is 1.11. The lowest BCUT2D eigenvalue weighted by Crippen LogP contribution is -2.06. The van der Waals surface area contributed by atoms with E-state index in [2.05, 4.69) is 90.1 Å². The Morgan fingerprint density at radius 2 is 1.19 bits per heavy atom. The first-order valence-electron chi connectivity index (χ1n) is 11.4. The van der Waals surface area contributed by atoms with Gasteiger partial charge in [-0.25, -0.2) is 9.97 Å². The molecule has 0 saturated carbocycles. The van der Waals surface area contributed by atoms with Gasteiger partial charge in [-0.1, -0.05) is 102 Å². The molecule has 0 aliphatic carbocycles. The summed E-state index contributed by atoms with van der Waals surface area (Å²) in [5.41, 5.74) is 8.51. The fraction of sp³-hybridized carbons (Fsp3) is 0.310. The first-order chi connectivity index (χ1) is 14.9. The van der Waals surface area contributed by atoms with E-state index in [1.807, 2.05) is 18.2 Å². The summed E-state index contributed by atoms with van der Waals surface area (Å²) in [6.07, 6.45) is 0. The summed E-state index contributed by atoms with van der Waals surface area (Å²) in [7, 11) is 0. The van der Waals surface area contributed by atoms with Crippen molar-refractivity contribution in [1.82, 2.24) is 9.97 Å². The van der Waals surface area contributed by atoms with Crippen molar-refractivity contribution in [3.05, 3.63) is 83.4 Å². The molecule has 0 spiro atoms. The van der Waals surface area contributed by atoms with Gasteiger partial charge >= 0.3 is 0 Å². The van der Waals surface area contributed by atoms with E-state index in [1.54, 1.807) is 0 Å². The molecule has 4 rings (SSSR count). The third kappa shape index (κ3) is 4.12. The van der Waals surface area contributed by atoms with E-state index in [4.69, 9.17) is 9.97 Å². The number of hydrogen-bond donors (Lipinski definition) is 0. The van der Waals surface area contributed by atoms with E-state index in [9.17, 15) is 0 Å².